The topological polar surface area (TPSA) is 84.9 Å². The molecule has 9 heteroatoms. The predicted octanol–water partition coefficient (Wildman–Crippen LogP) is 3.21. The maximum absolute atomic E-state index is 14.4. The van der Waals surface area contributed by atoms with Crippen molar-refractivity contribution in [2.75, 3.05) is 13.2 Å². The summed E-state index contributed by atoms with van der Waals surface area (Å²) in [5.74, 6) is -4.08. The van der Waals surface area contributed by atoms with Crippen molar-refractivity contribution in [2.45, 2.75) is 53.4 Å². The van der Waals surface area contributed by atoms with E-state index in [1.165, 1.54) is 0 Å². The standard InChI is InChI=1S/C21H30BF2NO5/c1-6-7-13(2)25-10-8-14-12-15(23)18(24)17(19(14)30-22-28)16(26)9-11-29-20(27)21(3,4)5/h12,22,25,28H,2,6-11H2,1,3-5H3. The zero-order valence-electron chi connectivity index (χ0n) is 18.1. The lowest BCUT2D eigenvalue weighted by Crippen LogP contribution is -2.24. The quantitative estimate of drug-likeness (QED) is 0.304. The monoisotopic (exact) mass is 425 g/mol. The van der Waals surface area contributed by atoms with Gasteiger partial charge in [-0.3, -0.25) is 9.59 Å². The van der Waals surface area contributed by atoms with Crippen LogP contribution >= 0.6 is 0 Å². The molecular weight excluding hydrogens is 395 g/mol. The number of Topliss-reactive ketones (excluding diaryl/α,β-unsaturated/α-hetero) is 1. The molecule has 0 radical (unpaired) electrons. The molecule has 0 amide bonds. The van der Waals surface area contributed by atoms with Gasteiger partial charge in [-0.1, -0.05) is 19.9 Å². The maximum atomic E-state index is 14.4. The molecular formula is C21H30BF2NO5. The second-order valence-electron chi connectivity index (χ2n) is 7.90. The summed E-state index contributed by atoms with van der Waals surface area (Å²) in [6.45, 7) is 10.9. The fourth-order valence-electron chi connectivity index (χ4n) is 2.67. The van der Waals surface area contributed by atoms with Crippen LogP contribution < -0.4 is 9.97 Å². The summed E-state index contributed by atoms with van der Waals surface area (Å²) in [7, 11) is -0.812. The summed E-state index contributed by atoms with van der Waals surface area (Å²) in [5, 5.41) is 12.3. The van der Waals surface area contributed by atoms with Gasteiger partial charge in [-0.05, 0) is 45.2 Å². The molecule has 30 heavy (non-hydrogen) atoms. The minimum absolute atomic E-state index is 0.216. The van der Waals surface area contributed by atoms with Crippen LogP contribution in [0.25, 0.3) is 0 Å². The molecule has 1 aromatic rings. The first-order valence-corrected chi connectivity index (χ1v) is 9.89. The lowest BCUT2D eigenvalue weighted by atomic mass is 9.97. The molecule has 0 aliphatic heterocycles. The van der Waals surface area contributed by atoms with Crippen LogP contribution in [0.15, 0.2) is 18.3 Å². The summed E-state index contributed by atoms with van der Waals surface area (Å²) in [6, 6.07) is 0.945. The highest BCUT2D eigenvalue weighted by atomic mass is 19.2. The van der Waals surface area contributed by atoms with Gasteiger partial charge in [0.15, 0.2) is 17.4 Å². The molecule has 1 rings (SSSR count). The lowest BCUT2D eigenvalue weighted by Gasteiger charge is -2.18. The number of ether oxygens (including phenoxy) is 1. The summed E-state index contributed by atoms with van der Waals surface area (Å²) < 4.78 is 38.7. The van der Waals surface area contributed by atoms with Gasteiger partial charge < -0.3 is 19.7 Å². The third kappa shape index (κ3) is 7.44. The van der Waals surface area contributed by atoms with Crippen molar-refractivity contribution in [3.05, 3.63) is 41.1 Å². The Morgan fingerprint density at radius 2 is 1.93 bits per heavy atom. The van der Waals surface area contributed by atoms with Gasteiger partial charge in [0.1, 0.15) is 5.75 Å². The number of carbonyl (C=O) groups is 2. The van der Waals surface area contributed by atoms with Crippen molar-refractivity contribution < 1.29 is 32.8 Å². The lowest BCUT2D eigenvalue weighted by molar-refractivity contribution is -0.152. The highest BCUT2D eigenvalue weighted by Crippen LogP contribution is 2.30. The van der Waals surface area contributed by atoms with Crippen LogP contribution in [0.4, 0.5) is 8.78 Å². The smallest absolute Gasteiger partial charge is 0.504 e. The Labute approximate surface area is 176 Å². The van der Waals surface area contributed by atoms with Gasteiger partial charge in [0.05, 0.1) is 17.6 Å². The van der Waals surface area contributed by atoms with Crippen LogP contribution in [0.5, 0.6) is 5.75 Å². The number of benzene rings is 1. The third-order valence-electron chi connectivity index (χ3n) is 4.23. The molecule has 0 saturated heterocycles. The van der Waals surface area contributed by atoms with Crippen molar-refractivity contribution in [2.24, 2.45) is 5.41 Å². The van der Waals surface area contributed by atoms with Crippen LogP contribution in [0, 0.1) is 17.0 Å². The Bertz CT molecular complexity index is 778. The molecule has 166 valence electrons. The van der Waals surface area contributed by atoms with Gasteiger partial charge in [0.25, 0.3) is 0 Å². The molecule has 0 fully saturated rings. The highest BCUT2D eigenvalue weighted by molar-refractivity contribution is 6.18. The van der Waals surface area contributed by atoms with Gasteiger partial charge in [-0.15, -0.1) is 0 Å². The van der Waals surface area contributed by atoms with E-state index in [0.29, 0.717) is 6.54 Å². The number of esters is 1. The number of hydrogen-bond acceptors (Lipinski definition) is 6. The number of hydrogen-bond donors (Lipinski definition) is 2. The molecule has 0 saturated carbocycles. The second-order valence-corrected chi connectivity index (χ2v) is 7.90. The highest BCUT2D eigenvalue weighted by Gasteiger charge is 2.27. The van der Waals surface area contributed by atoms with E-state index in [4.69, 9.17) is 9.39 Å². The van der Waals surface area contributed by atoms with E-state index < -0.39 is 42.1 Å². The van der Waals surface area contributed by atoms with E-state index in [9.17, 15) is 23.4 Å². The second kappa shape index (κ2) is 11.7. The van der Waals surface area contributed by atoms with Crippen LogP contribution in [0.2, 0.25) is 0 Å². The minimum atomic E-state index is -1.36. The Kier molecular flexibility index (Phi) is 9.98. The third-order valence-corrected chi connectivity index (χ3v) is 4.23. The van der Waals surface area contributed by atoms with Crippen molar-refractivity contribution >= 4 is 19.4 Å². The Hall–Kier alpha value is -2.42. The molecule has 0 spiro atoms. The molecule has 6 nitrogen and oxygen atoms in total. The summed E-state index contributed by atoms with van der Waals surface area (Å²) in [5.41, 5.74) is -0.310. The molecule has 0 bridgehead atoms. The van der Waals surface area contributed by atoms with Gasteiger partial charge in [0.2, 0.25) is 0 Å². The number of halogens is 2. The average Bonchev–Trinajstić information content (AvgIpc) is 2.65. The zero-order valence-corrected chi connectivity index (χ0v) is 18.1. The number of allylic oxidation sites excluding steroid dienone is 1. The van der Waals surface area contributed by atoms with Gasteiger partial charge in [-0.25, -0.2) is 8.78 Å². The van der Waals surface area contributed by atoms with Crippen molar-refractivity contribution in [1.29, 1.82) is 0 Å². The number of rotatable bonds is 12. The van der Waals surface area contributed by atoms with Crippen LogP contribution in [0.3, 0.4) is 0 Å². The predicted molar refractivity (Wildman–Crippen MR) is 111 cm³/mol. The molecule has 0 aromatic heterocycles. The fraction of sp³-hybridized carbons (Fsp3) is 0.524. The van der Waals surface area contributed by atoms with E-state index in [0.717, 1.165) is 24.6 Å². The first-order chi connectivity index (χ1) is 14.0. The molecule has 1 aromatic carbocycles. The summed E-state index contributed by atoms with van der Waals surface area (Å²) >= 11 is 0. The van der Waals surface area contributed by atoms with Crippen LogP contribution in [-0.2, 0) is 16.0 Å². The first kappa shape index (κ1) is 25.6. The number of ketones is 1. The van der Waals surface area contributed by atoms with E-state index in [-0.39, 0.29) is 30.8 Å². The first-order valence-electron chi connectivity index (χ1n) is 9.89. The molecule has 0 atom stereocenters. The normalized spacial score (nSPS) is 11.0. The van der Waals surface area contributed by atoms with Crippen molar-refractivity contribution in [1.82, 2.24) is 5.32 Å². The van der Waals surface area contributed by atoms with E-state index in [1.54, 1.807) is 20.8 Å². The van der Waals surface area contributed by atoms with E-state index >= 15 is 0 Å². The SMILES string of the molecule is C=C(CCC)NCCc1cc(F)c(F)c(C(=O)CCOC(=O)C(C)(C)C)c1OBO. The minimum Gasteiger partial charge on any atom is -0.538 e. The average molecular weight is 425 g/mol. The molecule has 0 unspecified atom stereocenters. The molecule has 0 aliphatic carbocycles. The Balaban J connectivity index is 3.02. The molecule has 2 N–H and O–H groups in total. The zero-order chi connectivity index (χ0) is 22.9. The van der Waals surface area contributed by atoms with Crippen molar-refractivity contribution in [3.63, 3.8) is 0 Å². The molecule has 0 aliphatic rings. The van der Waals surface area contributed by atoms with Gasteiger partial charge in [0, 0.05) is 18.7 Å². The van der Waals surface area contributed by atoms with Crippen molar-refractivity contribution in [3.8, 4) is 5.75 Å². The number of nitrogens with one attached hydrogen (secondary N) is 1. The maximum Gasteiger partial charge on any atom is 0.504 e. The van der Waals surface area contributed by atoms with Gasteiger partial charge in [-0.2, -0.15) is 0 Å². The van der Waals surface area contributed by atoms with E-state index in [1.807, 2.05) is 6.92 Å². The molecule has 0 heterocycles. The van der Waals surface area contributed by atoms with Gasteiger partial charge >= 0.3 is 13.7 Å². The number of carbonyl (C=O) groups excluding carboxylic acids is 2. The van der Waals surface area contributed by atoms with Crippen LogP contribution in [0.1, 0.15) is 62.9 Å². The summed E-state index contributed by atoms with van der Waals surface area (Å²) in [4.78, 5) is 24.4. The van der Waals surface area contributed by atoms with E-state index in [2.05, 4.69) is 11.9 Å². The Morgan fingerprint density at radius 1 is 1.27 bits per heavy atom. The largest absolute Gasteiger partial charge is 0.538 e. The fourth-order valence-corrected chi connectivity index (χ4v) is 2.67. The Morgan fingerprint density at radius 3 is 2.50 bits per heavy atom. The van der Waals surface area contributed by atoms with Crippen LogP contribution in [-0.4, -0.2) is 37.6 Å². The summed E-state index contributed by atoms with van der Waals surface area (Å²) in [6.07, 6.45) is 1.55.